The molecule has 0 saturated heterocycles. The van der Waals surface area contributed by atoms with E-state index in [9.17, 15) is 5.11 Å². The second-order valence-corrected chi connectivity index (χ2v) is 7.09. The molecule has 0 fully saturated rings. The maximum absolute atomic E-state index is 9.64. The van der Waals surface area contributed by atoms with Crippen molar-refractivity contribution in [1.29, 1.82) is 0 Å². The van der Waals surface area contributed by atoms with Gasteiger partial charge in [0.1, 0.15) is 12.0 Å². The number of allylic oxidation sites excluding steroid dienone is 4. The first-order valence-electron chi connectivity index (χ1n) is 8.49. The van der Waals surface area contributed by atoms with Crippen molar-refractivity contribution in [2.75, 3.05) is 13.1 Å². The van der Waals surface area contributed by atoms with Crippen molar-refractivity contribution in [2.24, 2.45) is 0 Å². The van der Waals surface area contributed by atoms with Crippen molar-refractivity contribution in [3.8, 4) is 0 Å². The average Bonchev–Trinajstić information content (AvgIpc) is 2.48. The lowest BCUT2D eigenvalue weighted by molar-refractivity contribution is 0.163. The Bertz CT molecular complexity index is 599. The van der Waals surface area contributed by atoms with Gasteiger partial charge in [-0.2, -0.15) is 0 Å². The van der Waals surface area contributed by atoms with E-state index in [1.54, 1.807) is 6.08 Å². The predicted octanol–water partition coefficient (Wildman–Crippen LogP) is 3.22. The van der Waals surface area contributed by atoms with Gasteiger partial charge >= 0.3 is 0 Å². The number of aliphatic hydroxyl groups is 1. The monoisotopic (exact) mass is 317 g/mol. The lowest BCUT2D eigenvalue weighted by atomic mass is 9.92. The molecule has 0 aromatic carbocycles. The van der Waals surface area contributed by atoms with E-state index in [0.717, 1.165) is 36.5 Å². The molecule has 2 heterocycles. The average molecular weight is 317 g/mol. The highest BCUT2D eigenvalue weighted by Crippen LogP contribution is 2.35. The van der Waals surface area contributed by atoms with Gasteiger partial charge in [-0.25, -0.2) is 5.43 Å². The zero-order valence-corrected chi connectivity index (χ0v) is 14.3. The number of hydrazine groups is 1. The first-order valence-corrected chi connectivity index (χ1v) is 8.49. The van der Waals surface area contributed by atoms with E-state index in [2.05, 4.69) is 42.6 Å². The summed E-state index contributed by atoms with van der Waals surface area (Å²) in [6.45, 7) is 8.51. The van der Waals surface area contributed by atoms with Crippen LogP contribution in [-0.2, 0) is 4.74 Å². The van der Waals surface area contributed by atoms with Crippen LogP contribution in [0.3, 0.4) is 0 Å². The first-order chi connectivity index (χ1) is 11.0. The van der Waals surface area contributed by atoms with Crippen molar-refractivity contribution in [2.45, 2.75) is 52.0 Å². The summed E-state index contributed by atoms with van der Waals surface area (Å²) in [7, 11) is 0. The van der Waals surface area contributed by atoms with Crippen molar-refractivity contribution in [3.05, 3.63) is 46.9 Å². The summed E-state index contributed by atoms with van der Waals surface area (Å²) in [5.41, 5.74) is 6.90. The molecule has 0 unspecified atom stereocenters. The molecule has 1 aliphatic carbocycles. The van der Waals surface area contributed by atoms with Gasteiger partial charge in [0.25, 0.3) is 0 Å². The Morgan fingerprint density at radius 2 is 2.17 bits per heavy atom. The summed E-state index contributed by atoms with van der Waals surface area (Å²) in [4.78, 5) is 0. The van der Waals surface area contributed by atoms with E-state index in [-0.39, 0.29) is 11.3 Å². The minimum Gasteiger partial charge on any atom is -0.505 e. The van der Waals surface area contributed by atoms with Crippen molar-refractivity contribution in [1.82, 2.24) is 15.8 Å². The lowest BCUT2D eigenvalue weighted by Crippen LogP contribution is -2.57. The maximum atomic E-state index is 9.64. The van der Waals surface area contributed by atoms with E-state index in [1.165, 1.54) is 31.2 Å². The molecule has 0 amide bonds. The van der Waals surface area contributed by atoms with Crippen LogP contribution in [0.15, 0.2) is 46.9 Å². The van der Waals surface area contributed by atoms with Crippen LogP contribution in [0.5, 0.6) is 0 Å². The third-order valence-electron chi connectivity index (χ3n) is 4.31. The molecular weight excluding hydrogens is 290 g/mol. The molecule has 0 atom stereocenters. The molecule has 126 valence electrons. The largest absolute Gasteiger partial charge is 0.505 e. The van der Waals surface area contributed by atoms with Gasteiger partial charge in [-0.1, -0.05) is 19.8 Å². The van der Waals surface area contributed by atoms with Crippen LogP contribution in [-0.4, -0.2) is 28.7 Å². The highest BCUT2D eigenvalue weighted by atomic mass is 16.5. The fourth-order valence-corrected chi connectivity index (χ4v) is 3.25. The third kappa shape index (κ3) is 3.55. The molecule has 3 N–H and O–H groups in total. The number of unbranched alkanes of at least 4 members (excludes halogenated alkanes) is 2. The molecule has 0 aromatic rings. The van der Waals surface area contributed by atoms with E-state index in [0.29, 0.717) is 0 Å². The summed E-state index contributed by atoms with van der Waals surface area (Å²) >= 11 is 0. The SMILES string of the molecule is CCCCCNN1CC(C)(C)NC2=C1C=C1OC=C(O)C=C1C2. The van der Waals surface area contributed by atoms with Gasteiger partial charge in [-0.3, -0.25) is 0 Å². The van der Waals surface area contributed by atoms with Gasteiger partial charge in [0.05, 0.1) is 17.8 Å². The zero-order valence-electron chi connectivity index (χ0n) is 14.3. The summed E-state index contributed by atoms with van der Waals surface area (Å²) in [6.07, 6.45) is 9.62. The van der Waals surface area contributed by atoms with Crippen LogP contribution in [0.4, 0.5) is 0 Å². The van der Waals surface area contributed by atoms with Crippen molar-refractivity contribution in [3.63, 3.8) is 0 Å². The Morgan fingerprint density at radius 3 is 2.96 bits per heavy atom. The molecule has 0 aromatic heterocycles. The number of rotatable bonds is 5. The number of nitrogens with zero attached hydrogens (tertiary/aromatic N) is 1. The first kappa shape index (κ1) is 16.0. The van der Waals surface area contributed by atoms with Crippen LogP contribution < -0.4 is 10.7 Å². The zero-order chi connectivity index (χ0) is 16.4. The molecule has 3 aliphatic rings. The number of aliphatic hydroxyl groups excluding tert-OH is 1. The number of nitrogens with one attached hydrogen (secondary N) is 2. The minimum atomic E-state index is -0.00407. The molecule has 0 saturated carbocycles. The Labute approximate surface area is 138 Å². The van der Waals surface area contributed by atoms with Crippen LogP contribution in [0.25, 0.3) is 0 Å². The summed E-state index contributed by atoms with van der Waals surface area (Å²) in [6, 6.07) is 0. The predicted molar refractivity (Wildman–Crippen MR) is 91.1 cm³/mol. The molecule has 0 radical (unpaired) electrons. The number of fused-ring (bicyclic) bond motifs is 1. The summed E-state index contributed by atoms with van der Waals surface area (Å²) < 4.78 is 5.55. The number of hydrogen-bond acceptors (Lipinski definition) is 5. The summed E-state index contributed by atoms with van der Waals surface area (Å²) in [5.74, 6) is 0.995. The molecule has 23 heavy (non-hydrogen) atoms. The third-order valence-corrected chi connectivity index (χ3v) is 4.31. The van der Waals surface area contributed by atoms with Gasteiger partial charge in [0.15, 0.2) is 5.76 Å². The van der Waals surface area contributed by atoms with Gasteiger partial charge in [-0.15, -0.1) is 0 Å². The highest BCUT2D eigenvalue weighted by Gasteiger charge is 2.34. The number of ether oxygens (including phenoxy) is 1. The van der Waals surface area contributed by atoms with Gasteiger partial charge in [0.2, 0.25) is 0 Å². The van der Waals surface area contributed by atoms with E-state index in [4.69, 9.17) is 4.74 Å². The number of hydrogen-bond donors (Lipinski definition) is 3. The minimum absolute atomic E-state index is 0.00407. The van der Waals surface area contributed by atoms with E-state index >= 15 is 0 Å². The van der Waals surface area contributed by atoms with Crippen molar-refractivity contribution < 1.29 is 9.84 Å². The fraction of sp³-hybridized carbons (Fsp3) is 0.556. The smallest absolute Gasteiger partial charge is 0.151 e. The van der Waals surface area contributed by atoms with Crippen LogP contribution in [0.2, 0.25) is 0 Å². The molecule has 2 aliphatic heterocycles. The second kappa shape index (κ2) is 6.32. The standard InChI is InChI=1S/C18H27N3O2/c1-4-5-6-7-19-21-12-18(2,3)20-15-9-13-8-14(22)11-23-17(13)10-16(15)21/h8,10-11,19-20,22H,4-7,9,12H2,1-3H3. The van der Waals surface area contributed by atoms with E-state index < -0.39 is 0 Å². The van der Waals surface area contributed by atoms with E-state index in [1.807, 2.05) is 0 Å². The molecule has 0 spiro atoms. The normalized spacial score (nSPS) is 22.2. The van der Waals surface area contributed by atoms with Gasteiger partial charge < -0.3 is 20.2 Å². The molecule has 5 heteroatoms. The molecule has 3 rings (SSSR count). The second-order valence-electron chi connectivity index (χ2n) is 7.09. The topological polar surface area (TPSA) is 56.8 Å². The lowest BCUT2D eigenvalue weighted by Gasteiger charge is -2.44. The fourth-order valence-electron chi connectivity index (χ4n) is 3.25. The van der Waals surface area contributed by atoms with Gasteiger partial charge in [-0.05, 0) is 26.3 Å². The Morgan fingerprint density at radius 1 is 1.35 bits per heavy atom. The Hall–Kier alpha value is -1.88. The molecular formula is C18H27N3O2. The highest BCUT2D eigenvalue weighted by molar-refractivity contribution is 5.48. The van der Waals surface area contributed by atoms with Crippen LogP contribution in [0.1, 0.15) is 46.5 Å². The van der Waals surface area contributed by atoms with Gasteiger partial charge in [0, 0.05) is 30.3 Å². The van der Waals surface area contributed by atoms with Crippen LogP contribution in [0, 0.1) is 0 Å². The quantitative estimate of drug-likeness (QED) is 0.680. The summed E-state index contributed by atoms with van der Waals surface area (Å²) in [5, 5.41) is 15.5. The Balaban J connectivity index is 1.80. The van der Waals surface area contributed by atoms with Crippen LogP contribution >= 0.6 is 0 Å². The Kier molecular flexibility index (Phi) is 4.39. The molecule has 5 nitrogen and oxygen atoms in total. The maximum Gasteiger partial charge on any atom is 0.151 e. The molecule has 0 bridgehead atoms. The van der Waals surface area contributed by atoms with Crippen molar-refractivity contribution >= 4 is 0 Å².